The quantitative estimate of drug-likeness (QED) is 0.407. The standard InChI is InChI=1S/C23H23N5O3S2/c1-16-21(14-24)23(26-17(2)25-16)32-15-22(29)27-9-11-28(12-10-27)33(30,31)20-8-7-18-5-3-4-6-19(18)13-20/h3-8,13H,9-12,15H2,1-2H3. The molecule has 1 aromatic heterocycles. The second-order valence-corrected chi connectivity index (χ2v) is 10.6. The van der Waals surface area contributed by atoms with E-state index in [0.29, 0.717) is 35.2 Å². The van der Waals surface area contributed by atoms with Gasteiger partial charge in [0.05, 0.1) is 16.3 Å². The average Bonchev–Trinajstić information content (AvgIpc) is 2.82. The van der Waals surface area contributed by atoms with E-state index in [1.165, 1.54) is 16.1 Å². The van der Waals surface area contributed by atoms with E-state index in [1.807, 2.05) is 30.3 Å². The average molecular weight is 482 g/mol. The first-order chi connectivity index (χ1) is 15.8. The lowest BCUT2D eigenvalue weighted by Gasteiger charge is -2.34. The molecule has 170 valence electrons. The Hall–Kier alpha value is -3.00. The third-order valence-corrected chi connectivity index (χ3v) is 8.42. The Morgan fingerprint density at radius 3 is 2.45 bits per heavy atom. The summed E-state index contributed by atoms with van der Waals surface area (Å²) in [5.41, 5.74) is 0.970. The highest BCUT2D eigenvalue weighted by Crippen LogP contribution is 2.25. The van der Waals surface area contributed by atoms with Gasteiger partial charge in [-0.3, -0.25) is 4.79 Å². The summed E-state index contributed by atoms with van der Waals surface area (Å²) >= 11 is 1.21. The smallest absolute Gasteiger partial charge is 0.243 e. The van der Waals surface area contributed by atoms with Gasteiger partial charge in [-0.2, -0.15) is 9.57 Å². The second kappa shape index (κ2) is 9.47. The van der Waals surface area contributed by atoms with Crippen molar-refractivity contribution < 1.29 is 13.2 Å². The van der Waals surface area contributed by atoms with E-state index in [2.05, 4.69) is 16.0 Å². The molecule has 0 N–H and O–H groups in total. The SMILES string of the molecule is Cc1nc(C)c(C#N)c(SCC(=O)N2CCN(S(=O)(=O)c3ccc4ccccc4c3)CC2)n1. The Labute approximate surface area is 197 Å². The minimum absolute atomic E-state index is 0.111. The Kier molecular flexibility index (Phi) is 6.65. The molecule has 0 saturated carbocycles. The van der Waals surface area contributed by atoms with E-state index in [1.54, 1.807) is 30.9 Å². The summed E-state index contributed by atoms with van der Waals surface area (Å²) in [5.74, 6) is 0.566. The lowest BCUT2D eigenvalue weighted by molar-refractivity contribution is -0.129. The van der Waals surface area contributed by atoms with Gasteiger partial charge in [0, 0.05) is 26.2 Å². The zero-order valence-electron chi connectivity index (χ0n) is 18.4. The molecule has 2 aromatic carbocycles. The molecule has 0 unspecified atom stereocenters. The van der Waals surface area contributed by atoms with Crippen molar-refractivity contribution >= 4 is 38.5 Å². The van der Waals surface area contributed by atoms with E-state index in [9.17, 15) is 18.5 Å². The Morgan fingerprint density at radius 1 is 1.06 bits per heavy atom. The maximum absolute atomic E-state index is 13.1. The molecule has 10 heteroatoms. The molecule has 0 bridgehead atoms. The molecule has 1 aliphatic heterocycles. The summed E-state index contributed by atoms with van der Waals surface area (Å²) in [4.78, 5) is 23.1. The van der Waals surface area contributed by atoms with Crippen LogP contribution in [0.15, 0.2) is 52.4 Å². The Bertz CT molecular complexity index is 1360. The number of thioether (sulfide) groups is 1. The van der Waals surface area contributed by atoms with Crippen LogP contribution in [0.2, 0.25) is 0 Å². The molecule has 2 heterocycles. The monoisotopic (exact) mass is 481 g/mol. The van der Waals surface area contributed by atoms with E-state index in [-0.39, 0.29) is 29.6 Å². The van der Waals surface area contributed by atoms with Crippen molar-refractivity contribution in [2.75, 3.05) is 31.9 Å². The summed E-state index contributed by atoms with van der Waals surface area (Å²) < 4.78 is 27.7. The maximum atomic E-state index is 13.1. The van der Waals surface area contributed by atoms with E-state index in [0.717, 1.165) is 10.8 Å². The van der Waals surface area contributed by atoms with Crippen LogP contribution in [-0.2, 0) is 14.8 Å². The Morgan fingerprint density at radius 2 is 1.76 bits per heavy atom. The van der Waals surface area contributed by atoms with Crippen molar-refractivity contribution in [3.05, 3.63) is 59.5 Å². The first-order valence-corrected chi connectivity index (χ1v) is 12.9. The number of carbonyl (C=O) groups excluding carboxylic acids is 1. The molecule has 0 atom stereocenters. The summed E-state index contributed by atoms with van der Waals surface area (Å²) in [7, 11) is -3.64. The van der Waals surface area contributed by atoms with Gasteiger partial charge in [0.2, 0.25) is 15.9 Å². The predicted octanol–water partition coefficient (Wildman–Crippen LogP) is 2.74. The zero-order chi connectivity index (χ0) is 23.6. The highest BCUT2D eigenvalue weighted by molar-refractivity contribution is 8.00. The third kappa shape index (κ3) is 4.85. The van der Waals surface area contributed by atoms with Crippen LogP contribution < -0.4 is 0 Å². The molecule has 0 aliphatic carbocycles. The number of hydrogen-bond acceptors (Lipinski definition) is 7. The number of sulfonamides is 1. The molecule has 1 saturated heterocycles. The van der Waals surface area contributed by atoms with E-state index >= 15 is 0 Å². The van der Waals surface area contributed by atoms with E-state index in [4.69, 9.17) is 0 Å². The first kappa shape index (κ1) is 23.2. The van der Waals surface area contributed by atoms with Gasteiger partial charge in [-0.15, -0.1) is 0 Å². The predicted molar refractivity (Wildman–Crippen MR) is 126 cm³/mol. The van der Waals surface area contributed by atoms with Crippen LogP contribution in [0.4, 0.5) is 0 Å². The van der Waals surface area contributed by atoms with Crippen LogP contribution in [0.5, 0.6) is 0 Å². The molecular formula is C23H23N5O3S2. The normalized spacial score (nSPS) is 14.9. The lowest BCUT2D eigenvalue weighted by Crippen LogP contribution is -2.50. The van der Waals surface area contributed by atoms with Crippen molar-refractivity contribution in [3.63, 3.8) is 0 Å². The van der Waals surface area contributed by atoms with Crippen LogP contribution in [0.25, 0.3) is 10.8 Å². The summed E-state index contributed by atoms with van der Waals surface area (Å²) in [6.07, 6.45) is 0. The molecule has 33 heavy (non-hydrogen) atoms. The molecule has 0 spiro atoms. The van der Waals surface area contributed by atoms with Crippen molar-refractivity contribution in [2.24, 2.45) is 0 Å². The van der Waals surface area contributed by atoms with Gasteiger partial charge in [-0.05, 0) is 36.8 Å². The largest absolute Gasteiger partial charge is 0.339 e. The molecule has 1 fully saturated rings. The maximum Gasteiger partial charge on any atom is 0.243 e. The number of amides is 1. The number of carbonyl (C=O) groups is 1. The van der Waals surface area contributed by atoms with Crippen LogP contribution in [0, 0.1) is 25.2 Å². The number of rotatable bonds is 5. The minimum atomic E-state index is -3.64. The number of nitriles is 1. The van der Waals surface area contributed by atoms with Crippen LogP contribution in [0.3, 0.4) is 0 Å². The lowest BCUT2D eigenvalue weighted by atomic mass is 10.1. The zero-order valence-corrected chi connectivity index (χ0v) is 20.0. The number of benzene rings is 2. The molecule has 8 nitrogen and oxygen atoms in total. The fourth-order valence-electron chi connectivity index (χ4n) is 3.79. The molecule has 4 rings (SSSR count). The summed E-state index contributed by atoms with van der Waals surface area (Å²) in [5, 5.41) is 11.7. The first-order valence-electron chi connectivity index (χ1n) is 10.4. The molecule has 1 aliphatic rings. The Balaban J connectivity index is 1.39. The highest BCUT2D eigenvalue weighted by Gasteiger charge is 2.30. The third-order valence-electron chi connectivity index (χ3n) is 5.56. The number of piperazine rings is 1. The number of aromatic nitrogens is 2. The van der Waals surface area contributed by atoms with E-state index < -0.39 is 10.0 Å². The van der Waals surface area contributed by atoms with Crippen LogP contribution >= 0.6 is 11.8 Å². The summed E-state index contributed by atoms with van der Waals surface area (Å²) in [6, 6.07) is 14.9. The number of nitrogens with zero attached hydrogens (tertiary/aromatic N) is 5. The van der Waals surface area contributed by atoms with Crippen molar-refractivity contribution in [1.29, 1.82) is 5.26 Å². The van der Waals surface area contributed by atoms with Gasteiger partial charge in [0.1, 0.15) is 22.5 Å². The van der Waals surface area contributed by atoms with Gasteiger partial charge in [-0.1, -0.05) is 42.1 Å². The summed E-state index contributed by atoms with van der Waals surface area (Å²) in [6.45, 7) is 4.60. The molecule has 0 radical (unpaired) electrons. The van der Waals surface area contributed by atoms with Gasteiger partial charge in [0.25, 0.3) is 0 Å². The number of fused-ring (bicyclic) bond motifs is 1. The topological polar surface area (TPSA) is 107 Å². The van der Waals surface area contributed by atoms with Crippen molar-refractivity contribution in [3.8, 4) is 6.07 Å². The fourth-order valence-corrected chi connectivity index (χ4v) is 6.23. The number of aryl methyl sites for hydroxylation is 2. The second-order valence-electron chi connectivity index (χ2n) is 7.73. The van der Waals surface area contributed by atoms with Crippen LogP contribution in [-0.4, -0.2) is 65.4 Å². The van der Waals surface area contributed by atoms with Crippen molar-refractivity contribution in [1.82, 2.24) is 19.2 Å². The minimum Gasteiger partial charge on any atom is -0.339 e. The molecule has 3 aromatic rings. The highest BCUT2D eigenvalue weighted by atomic mass is 32.2. The van der Waals surface area contributed by atoms with Gasteiger partial charge in [0.15, 0.2) is 0 Å². The van der Waals surface area contributed by atoms with Gasteiger partial charge >= 0.3 is 0 Å². The number of hydrogen-bond donors (Lipinski definition) is 0. The van der Waals surface area contributed by atoms with Gasteiger partial charge < -0.3 is 4.90 Å². The van der Waals surface area contributed by atoms with Crippen LogP contribution in [0.1, 0.15) is 17.1 Å². The van der Waals surface area contributed by atoms with Crippen molar-refractivity contribution in [2.45, 2.75) is 23.8 Å². The molecule has 1 amide bonds. The fraction of sp³-hybridized carbons (Fsp3) is 0.304. The van der Waals surface area contributed by atoms with Gasteiger partial charge in [-0.25, -0.2) is 18.4 Å². The molecular weight excluding hydrogens is 458 g/mol.